The van der Waals surface area contributed by atoms with E-state index in [-0.39, 0.29) is 17.4 Å². The first-order chi connectivity index (χ1) is 9.51. The number of likely N-dealkylation sites (N-methyl/N-ethyl adjacent to an activating group) is 1. The normalized spacial score (nSPS) is 28.6. The summed E-state index contributed by atoms with van der Waals surface area (Å²) in [5.74, 6) is 6.23. The number of hydrazine groups is 1. The van der Waals surface area contributed by atoms with Crippen LogP contribution in [-0.4, -0.2) is 29.5 Å². The van der Waals surface area contributed by atoms with Crippen molar-refractivity contribution in [2.24, 2.45) is 11.8 Å². The average Bonchev–Trinajstić information content (AvgIpc) is 2.43. The molecule has 1 aromatic heterocycles. The number of nitrogens with two attached hydrogens (primary N) is 1. The lowest BCUT2D eigenvalue weighted by Crippen LogP contribution is -2.57. The Morgan fingerprint density at radius 1 is 1.45 bits per heavy atom. The van der Waals surface area contributed by atoms with Gasteiger partial charge < -0.3 is 4.90 Å². The van der Waals surface area contributed by atoms with Gasteiger partial charge in [-0.3, -0.25) is 16.3 Å². The highest BCUT2D eigenvalue weighted by molar-refractivity contribution is 5.23. The van der Waals surface area contributed by atoms with Gasteiger partial charge in [-0.1, -0.05) is 6.92 Å². The van der Waals surface area contributed by atoms with Gasteiger partial charge in [-0.05, 0) is 51.8 Å². The fraction of sp³-hybridized carbons (Fsp3) is 0.667. The van der Waals surface area contributed by atoms with Gasteiger partial charge in [0.05, 0.1) is 12.2 Å². The molecule has 1 unspecified atom stereocenters. The molecule has 112 valence electrons. The van der Waals surface area contributed by atoms with Gasteiger partial charge >= 0.3 is 0 Å². The molecule has 0 bridgehead atoms. The zero-order chi connectivity index (χ0) is 14.8. The molecular weight excluding hydrogens is 255 g/mol. The summed E-state index contributed by atoms with van der Waals surface area (Å²) in [4.78, 5) is 6.03. The van der Waals surface area contributed by atoms with E-state index in [1.807, 2.05) is 0 Å². The van der Waals surface area contributed by atoms with Crippen LogP contribution < -0.4 is 11.3 Å². The Morgan fingerprint density at radius 2 is 2.10 bits per heavy atom. The van der Waals surface area contributed by atoms with Crippen LogP contribution in [0.15, 0.2) is 18.5 Å². The number of aromatic nitrogens is 1. The molecule has 0 radical (unpaired) electrons. The minimum Gasteiger partial charge on any atom is -0.302 e. The highest BCUT2D eigenvalue weighted by Gasteiger charge is 2.44. The molecule has 5 heteroatoms. The first-order valence-electron chi connectivity index (χ1n) is 7.24. The molecule has 1 saturated carbocycles. The predicted molar refractivity (Wildman–Crippen MR) is 78.3 cm³/mol. The van der Waals surface area contributed by atoms with Gasteiger partial charge in [0.2, 0.25) is 0 Å². The molecule has 0 aliphatic heterocycles. The highest BCUT2D eigenvalue weighted by atomic mass is 19.1. The van der Waals surface area contributed by atoms with Crippen molar-refractivity contribution in [3.63, 3.8) is 0 Å². The molecule has 20 heavy (non-hydrogen) atoms. The number of hydrogen-bond donors (Lipinski definition) is 2. The summed E-state index contributed by atoms with van der Waals surface area (Å²) in [6.45, 7) is 2.28. The van der Waals surface area contributed by atoms with Crippen molar-refractivity contribution >= 4 is 0 Å². The summed E-state index contributed by atoms with van der Waals surface area (Å²) in [7, 11) is 4.11. The SMILES string of the molecule is CC1CCC(C(NN)c2ccncc2F)(N(C)C)CC1. The minimum atomic E-state index is -0.296. The van der Waals surface area contributed by atoms with Crippen molar-refractivity contribution in [1.29, 1.82) is 0 Å². The van der Waals surface area contributed by atoms with Gasteiger partial charge in [0.1, 0.15) is 5.82 Å². The topological polar surface area (TPSA) is 54.2 Å². The van der Waals surface area contributed by atoms with E-state index in [0.29, 0.717) is 5.56 Å². The third kappa shape index (κ3) is 2.71. The standard InChI is InChI=1S/C15H25FN4/c1-11-4-7-15(8-5-11,20(2)3)14(19-17)12-6-9-18-10-13(12)16/h6,9-11,14,19H,4-5,7-8,17H2,1-3H3. The second-order valence-corrected chi connectivity index (χ2v) is 6.18. The van der Waals surface area contributed by atoms with Crippen molar-refractivity contribution < 1.29 is 4.39 Å². The maximum absolute atomic E-state index is 14.1. The van der Waals surface area contributed by atoms with Crippen molar-refractivity contribution in [1.82, 2.24) is 15.3 Å². The van der Waals surface area contributed by atoms with Crippen molar-refractivity contribution in [2.75, 3.05) is 14.1 Å². The van der Waals surface area contributed by atoms with Crippen LogP contribution in [0.3, 0.4) is 0 Å². The van der Waals surface area contributed by atoms with Crippen LogP contribution in [0.5, 0.6) is 0 Å². The van der Waals surface area contributed by atoms with Crippen LogP contribution in [0.25, 0.3) is 0 Å². The number of pyridine rings is 1. The van der Waals surface area contributed by atoms with Gasteiger partial charge in [-0.25, -0.2) is 4.39 Å². The summed E-state index contributed by atoms with van der Waals surface area (Å²) in [6.07, 6.45) is 7.19. The summed E-state index contributed by atoms with van der Waals surface area (Å²) in [5, 5.41) is 0. The second kappa shape index (κ2) is 6.16. The Morgan fingerprint density at radius 3 is 2.60 bits per heavy atom. The van der Waals surface area contributed by atoms with E-state index in [9.17, 15) is 4.39 Å². The smallest absolute Gasteiger partial charge is 0.146 e. The van der Waals surface area contributed by atoms with Crippen molar-refractivity contribution in [3.8, 4) is 0 Å². The largest absolute Gasteiger partial charge is 0.302 e. The van der Waals surface area contributed by atoms with Crippen LogP contribution in [0.4, 0.5) is 4.39 Å². The summed E-state index contributed by atoms with van der Waals surface area (Å²) >= 11 is 0. The maximum atomic E-state index is 14.1. The van der Waals surface area contributed by atoms with Crippen LogP contribution in [0, 0.1) is 11.7 Å². The number of nitrogens with zero attached hydrogens (tertiary/aromatic N) is 2. The molecule has 3 N–H and O–H groups in total. The molecule has 1 fully saturated rings. The first kappa shape index (κ1) is 15.4. The number of nitrogens with one attached hydrogen (secondary N) is 1. The minimum absolute atomic E-state index is 0.149. The van der Waals surface area contributed by atoms with E-state index < -0.39 is 0 Å². The third-order valence-corrected chi connectivity index (χ3v) is 4.85. The quantitative estimate of drug-likeness (QED) is 0.656. The molecule has 1 heterocycles. The van der Waals surface area contributed by atoms with Crippen LogP contribution in [0.1, 0.15) is 44.2 Å². The molecule has 1 atom stereocenters. The number of rotatable bonds is 4. The molecule has 0 spiro atoms. The molecule has 0 aromatic carbocycles. The van der Waals surface area contributed by atoms with E-state index in [0.717, 1.165) is 31.6 Å². The Bertz CT molecular complexity index is 441. The molecule has 1 aliphatic carbocycles. The fourth-order valence-corrected chi connectivity index (χ4v) is 3.41. The van der Waals surface area contributed by atoms with Gasteiger partial charge in [-0.2, -0.15) is 0 Å². The monoisotopic (exact) mass is 280 g/mol. The fourth-order valence-electron chi connectivity index (χ4n) is 3.41. The van der Waals surface area contributed by atoms with E-state index in [1.165, 1.54) is 6.20 Å². The zero-order valence-corrected chi connectivity index (χ0v) is 12.6. The molecule has 0 amide bonds. The van der Waals surface area contributed by atoms with Gasteiger partial charge in [0, 0.05) is 17.3 Å². The molecule has 4 nitrogen and oxygen atoms in total. The molecule has 2 rings (SSSR count). The van der Waals surface area contributed by atoms with Crippen molar-refractivity contribution in [3.05, 3.63) is 29.8 Å². The number of hydrogen-bond acceptors (Lipinski definition) is 4. The molecule has 1 aromatic rings. The summed E-state index contributed by atoms with van der Waals surface area (Å²) in [6, 6.07) is 1.50. The Hall–Kier alpha value is -1.04. The summed E-state index contributed by atoms with van der Waals surface area (Å²) in [5.41, 5.74) is 3.31. The van der Waals surface area contributed by atoms with Crippen molar-refractivity contribution in [2.45, 2.75) is 44.2 Å². The third-order valence-electron chi connectivity index (χ3n) is 4.85. The first-order valence-corrected chi connectivity index (χ1v) is 7.24. The van der Waals surface area contributed by atoms with Gasteiger partial charge in [0.25, 0.3) is 0 Å². The van der Waals surface area contributed by atoms with Gasteiger partial charge in [0.15, 0.2) is 0 Å². The van der Waals surface area contributed by atoms with Crippen LogP contribution in [-0.2, 0) is 0 Å². The Labute approximate surface area is 120 Å². The van der Waals surface area contributed by atoms with E-state index in [4.69, 9.17) is 5.84 Å². The second-order valence-electron chi connectivity index (χ2n) is 6.18. The predicted octanol–water partition coefficient (Wildman–Crippen LogP) is 2.24. The van der Waals surface area contributed by atoms with E-state index >= 15 is 0 Å². The van der Waals surface area contributed by atoms with E-state index in [2.05, 4.69) is 36.3 Å². The van der Waals surface area contributed by atoms with Crippen LogP contribution >= 0.6 is 0 Å². The molecular formula is C15H25FN4. The Kier molecular flexibility index (Phi) is 4.73. The van der Waals surface area contributed by atoms with Gasteiger partial charge in [-0.15, -0.1) is 0 Å². The molecule has 1 aliphatic rings. The average molecular weight is 280 g/mol. The summed E-state index contributed by atoms with van der Waals surface area (Å²) < 4.78 is 14.1. The van der Waals surface area contributed by atoms with E-state index in [1.54, 1.807) is 12.3 Å². The lowest BCUT2D eigenvalue weighted by Gasteiger charge is -2.49. The maximum Gasteiger partial charge on any atom is 0.146 e. The van der Waals surface area contributed by atoms with Crippen LogP contribution in [0.2, 0.25) is 0 Å². The zero-order valence-electron chi connectivity index (χ0n) is 12.6. The number of halogens is 1. The highest BCUT2D eigenvalue weighted by Crippen LogP contribution is 2.43. The Balaban J connectivity index is 2.38. The molecule has 0 saturated heterocycles. The lowest BCUT2D eigenvalue weighted by atomic mass is 9.70. The lowest BCUT2D eigenvalue weighted by molar-refractivity contribution is 0.0415.